The first kappa shape index (κ1) is 25.6. The highest BCUT2D eigenvalue weighted by Crippen LogP contribution is 2.22. The van der Waals surface area contributed by atoms with Crippen LogP contribution in [0.1, 0.15) is 6.42 Å². The summed E-state index contributed by atoms with van der Waals surface area (Å²) in [6.45, 7) is 0. The summed E-state index contributed by atoms with van der Waals surface area (Å²) in [5.41, 5.74) is 10.4. The summed E-state index contributed by atoms with van der Waals surface area (Å²) in [7, 11) is 2.41. The van der Waals surface area contributed by atoms with E-state index in [4.69, 9.17) is 26.8 Å². The third-order valence-electron chi connectivity index (χ3n) is 1.54. The Morgan fingerprint density at radius 2 is 1.29 bits per heavy atom. The highest BCUT2D eigenvalue weighted by atomic mass is 35.5. The molecular formula is C9H19ClN2O6S3. The normalized spacial score (nSPS) is 12.1. The number of hydrogen-bond donors (Lipinski definition) is 6. The van der Waals surface area contributed by atoms with Gasteiger partial charge in [-0.05, 0) is 0 Å². The Hall–Kier alpha value is -0.330. The quantitative estimate of drug-likeness (QED) is 0.182. The van der Waals surface area contributed by atoms with E-state index >= 15 is 0 Å². The topological polar surface area (TPSA) is 164 Å². The second-order valence-electron chi connectivity index (χ2n) is 3.33. The minimum Gasteiger partial charge on any atom is -0.481 e. The van der Waals surface area contributed by atoms with Gasteiger partial charge >= 0.3 is 17.9 Å². The number of rotatable bonds is 9. The molecule has 0 aliphatic rings. The number of aliphatic carboxylic acids is 3. The van der Waals surface area contributed by atoms with E-state index in [1.165, 1.54) is 21.6 Å². The molecule has 1 unspecified atom stereocenters. The van der Waals surface area contributed by atoms with Gasteiger partial charge in [-0.1, -0.05) is 21.6 Å². The van der Waals surface area contributed by atoms with Crippen molar-refractivity contribution in [3.05, 3.63) is 0 Å². The Kier molecular flexibility index (Phi) is 19.6. The van der Waals surface area contributed by atoms with Gasteiger partial charge in [0.05, 0.1) is 6.42 Å². The fourth-order valence-corrected chi connectivity index (χ4v) is 2.90. The van der Waals surface area contributed by atoms with E-state index in [9.17, 15) is 14.4 Å². The lowest BCUT2D eigenvalue weighted by Gasteiger charge is -2.07. The zero-order valence-electron chi connectivity index (χ0n) is 10.9. The van der Waals surface area contributed by atoms with Gasteiger partial charge in [0.15, 0.2) is 0 Å². The molecule has 0 aromatic rings. The molecule has 0 aliphatic heterocycles. The summed E-state index contributed by atoms with van der Waals surface area (Å²) in [6, 6.07) is -1.85. The molecule has 0 bridgehead atoms. The third-order valence-corrected chi connectivity index (χ3v) is 4.24. The van der Waals surface area contributed by atoms with E-state index in [0.717, 1.165) is 0 Å². The third kappa shape index (κ3) is 19.7. The zero-order valence-corrected chi connectivity index (χ0v) is 14.2. The molecule has 2 atom stereocenters. The van der Waals surface area contributed by atoms with Crippen LogP contribution in [-0.4, -0.2) is 62.6 Å². The van der Waals surface area contributed by atoms with E-state index < -0.39 is 30.0 Å². The number of halogens is 1. The summed E-state index contributed by atoms with van der Waals surface area (Å²) < 4.78 is 0. The van der Waals surface area contributed by atoms with E-state index in [2.05, 4.69) is 12.6 Å². The molecule has 0 heterocycles. The fourth-order valence-electron chi connectivity index (χ4n) is 0.481. The molecule has 7 N–H and O–H groups in total. The summed E-state index contributed by atoms with van der Waals surface area (Å²) in [5.74, 6) is -2.04. The standard InChI is InChI=1S/C6H12N2O4S2.C3H6O2S.ClH/c7-3(5(9)10)1-13-14-2-4(8)6(11)12;4-3(5)1-2-6;/h3-4H,1-2,7-8H2,(H,9,10)(H,11,12);6H,1-2H2,(H,4,5);1H/t3-,4?;;/m0../s1. The lowest BCUT2D eigenvalue weighted by molar-refractivity contribution is -0.138. The van der Waals surface area contributed by atoms with Crippen molar-refractivity contribution in [2.75, 3.05) is 17.3 Å². The minimum atomic E-state index is -1.07. The summed E-state index contributed by atoms with van der Waals surface area (Å²) >= 11 is 3.68. The summed E-state index contributed by atoms with van der Waals surface area (Å²) in [6.07, 6.45) is 0.156. The molecule has 0 rings (SSSR count). The molecule has 0 aromatic heterocycles. The molecule has 0 saturated carbocycles. The average Bonchev–Trinajstić information content (AvgIpc) is 2.34. The lowest BCUT2D eigenvalue weighted by atomic mass is 10.4. The Balaban J connectivity index is -0.000000394. The summed E-state index contributed by atoms with van der Waals surface area (Å²) in [5, 5.41) is 24.7. The first-order valence-electron chi connectivity index (χ1n) is 5.26. The van der Waals surface area contributed by atoms with Gasteiger partial charge in [-0.3, -0.25) is 14.4 Å². The predicted molar refractivity (Wildman–Crippen MR) is 89.5 cm³/mol. The molecule has 21 heavy (non-hydrogen) atoms. The molecule has 0 aromatic carbocycles. The number of nitrogens with two attached hydrogens (primary N) is 2. The van der Waals surface area contributed by atoms with Crippen molar-refractivity contribution in [1.82, 2.24) is 0 Å². The molecule has 0 saturated heterocycles. The molecule has 126 valence electrons. The van der Waals surface area contributed by atoms with Crippen molar-refractivity contribution in [2.24, 2.45) is 11.5 Å². The van der Waals surface area contributed by atoms with Crippen molar-refractivity contribution in [3.63, 3.8) is 0 Å². The van der Waals surface area contributed by atoms with Crippen LogP contribution in [0.5, 0.6) is 0 Å². The average molecular weight is 383 g/mol. The Labute approximate surface area is 141 Å². The molecule has 0 fully saturated rings. The van der Waals surface area contributed by atoms with Crippen LogP contribution in [-0.2, 0) is 14.4 Å². The number of carboxylic acids is 3. The predicted octanol–water partition coefficient (Wildman–Crippen LogP) is 0.00430. The van der Waals surface area contributed by atoms with E-state index in [-0.39, 0.29) is 30.3 Å². The molecule has 0 aliphatic carbocycles. The largest absolute Gasteiger partial charge is 0.481 e. The Morgan fingerprint density at radius 1 is 0.952 bits per heavy atom. The van der Waals surface area contributed by atoms with Crippen LogP contribution < -0.4 is 11.5 Å². The Morgan fingerprint density at radius 3 is 1.43 bits per heavy atom. The lowest BCUT2D eigenvalue weighted by Crippen LogP contribution is -2.33. The maximum atomic E-state index is 10.3. The second kappa shape index (κ2) is 16.0. The number of carbonyl (C=O) groups is 3. The molecule has 8 nitrogen and oxygen atoms in total. The van der Waals surface area contributed by atoms with Crippen molar-refractivity contribution in [2.45, 2.75) is 18.5 Å². The minimum absolute atomic E-state index is 0. The molecular weight excluding hydrogens is 364 g/mol. The van der Waals surface area contributed by atoms with Crippen LogP contribution in [0.4, 0.5) is 0 Å². The van der Waals surface area contributed by atoms with Gasteiger partial charge in [0.1, 0.15) is 12.1 Å². The van der Waals surface area contributed by atoms with Gasteiger partial charge in [-0.25, -0.2) is 0 Å². The number of carboxylic acid groups (broad SMARTS) is 3. The molecule has 0 amide bonds. The van der Waals surface area contributed by atoms with Crippen molar-refractivity contribution >= 4 is 64.5 Å². The molecule has 0 radical (unpaired) electrons. The van der Waals surface area contributed by atoms with Gasteiger partial charge in [0.25, 0.3) is 0 Å². The van der Waals surface area contributed by atoms with Crippen LogP contribution in [0.15, 0.2) is 0 Å². The van der Waals surface area contributed by atoms with Gasteiger partial charge < -0.3 is 26.8 Å². The van der Waals surface area contributed by atoms with E-state index in [1.807, 2.05) is 0 Å². The van der Waals surface area contributed by atoms with Crippen LogP contribution in [0, 0.1) is 0 Å². The molecule has 12 heteroatoms. The van der Waals surface area contributed by atoms with E-state index in [1.54, 1.807) is 0 Å². The van der Waals surface area contributed by atoms with Gasteiger partial charge in [0, 0.05) is 17.3 Å². The number of hydrogen-bond acceptors (Lipinski definition) is 8. The maximum Gasteiger partial charge on any atom is 0.321 e. The molecule has 0 spiro atoms. The first-order valence-corrected chi connectivity index (χ1v) is 8.38. The van der Waals surface area contributed by atoms with Crippen molar-refractivity contribution in [1.29, 1.82) is 0 Å². The van der Waals surface area contributed by atoms with Crippen LogP contribution in [0.2, 0.25) is 0 Å². The van der Waals surface area contributed by atoms with Gasteiger partial charge in [-0.15, -0.1) is 12.4 Å². The monoisotopic (exact) mass is 382 g/mol. The van der Waals surface area contributed by atoms with Crippen molar-refractivity contribution in [3.8, 4) is 0 Å². The SMILES string of the molecule is Cl.NC(CSSC[C@H](N)C(=O)O)C(=O)O.O=C(O)CCS. The fraction of sp³-hybridized carbons (Fsp3) is 0.667. The maximum absolute atomic E-state index is 10.3. The van der Waals surface area contributed by atoms with Gasteiger partial charge in [0.2, 0.25) is 0 Å². The van der Waals surface area contributed by atoms with E-state index in [0.29, 0.717) is 5.75 Å². The van der Waals surface area contributed by atoms with Gasteiger partial charge in [-0.2, -0.15) is 12.6 Å². The van der Waals surface area contributed by atoms with Crippen LogP contribution in [0.3, 0.4) is 0 Å². The highest BCUT2D eigenvalue weighted by Gasteiger charge is 2.14. The Bertz CT molecular complexity index is 302. The van der Waals surface area contributed by atoms with Crippen molar-refractivity contribution < 1.29 is 29.7 Å². The highest BCUT2D eigenvalue weighted by molar-refractivity contribution is 8.76. The van der Waals surface area contributed by atoms with Crippen LogP contribution >= 0.6 is 46.6 Å². The zero-order chi connectivity index (χ0) is 16.1. The number of thiol groups is 1. The smallest absolute Gasteiger partial charge is 0.321 e. The van der Waals surface area contributed by atoms with Crippen LogP contribution in [0.25, 0.3) is 0 Å². The first-order chi connectivity index (χ1) is 9.22. The summed E-state index contributed by atoms with van der Waals surface area (Å²) in [4.78, 5) is 30.1. The second-order valence-corrected chi connectivity index (χ2v) is 6.33.